The lowest BCUT2D eigenvalue weighted by Gasteiger charge is -2.24. The van der Waals surface area contributed by atoms with Crippen molar-refractivity contribution in [3.63, 3.8) is 0 Å². The molecule has 0 aliphatic carbocycles. The number of amides is 1. The van der Waals surface area contributed by atoms with Crippen LogP contribution in [0.15, 0.2) is 30.3 Å². The molecule has 1 aliphatic rings. The second kappa shape index (κ2) is 8.40. The molecule has 118 valence electrons. The van der Waals surface area contributed by atoms with Crippen molar-refractivity contribution in [2.75, 3.05) is 13.1 Å². The van der Waals surface area contributed by atoms with Crippen molar-refractivity contribution in [2.24, 2.45) is 0 Å². The van der Waals surface area contributed by atoms with E-state index in [-0.39, 0.29) is 23.7 Å². The maximum absolute atomic E-state index is 12.1. The molecule has 2 rings (SSSR count). The second-order valence-electron chi connectivity index (χ2n) is 6.36. The fraction of sp³-hybridized carbons (Fsp3) is 0.588. The Morgan fingerprint density at radius 1 is 1.33 bits per heavy atom. The lowest BCUT2D eigenvalue weighted by molar-refractivity contribution is -0.122. The zero-order valence-corrected chi connectivity index (χ0v) is 13.8. The van der Waals surface area contributed by atoms with Crippen molar-refractivity contribution in [1.29, 1.82) is 0 Å². The molecule has 1 aliphatic heterocycles. The summed E-state index contributed by atoms with van der Waals surface area (Å²) in [7, 11) is 0. The van der Waals surface area contributed by atoms with Gasteiger partial charge in [0.15, 0.2) is 0 Å². The average molecular weight is 311 g/mol. The number of benzene rings is 1. The van der Waals surface area contributed by atoms with E-state index >= 15 is 0 Å². The highest BCUT2D eigenvalue weighted by Gasteiger charge is 2.24. The molecule has 1 aromatic rings. The molecule has 0 aromatic heterocycles. The molecule has 0 bridgehead atoms. The summed E-state index contributed by atoms with van der Waals surface area (Å²) < 4.78 is 0. The lowest BCUT2D eigenvalue weighted by atomic mass is 9.81. The van der Waals surface area contributed by atoms with Crippen molar-refractivity contribution < 1.29 is 4.79 Å². The summed E-state index contributed by atoms with van der Waals surface area (Å²) in [6.45, 7) is 6.15. The number of halogens is 1. The maximum Gasteiger partial charge on any atom is 0.220 e. The molecule has 0 spiro atoms. The Morgan fingerprint density at radius 3 is 2.67 bits per heavy atom. The van der Waals surface area contributed by atoms with Gasteiger partial charge >= 0.3 is 0 Å². The smallest absolute Gasteiger partial charge is 0.220 e. The van der Waals surface area contributed by atoms with Crippen LogP contribution in [0.25, 0.3) is 0 Å². The molecule has 0 unspecified atom stereocenters. The summed E-state index contributed by atoms with van der Waals surface area (Å²) in [6.07, 6.45) is 4.08. The summed E-state index contributed by atoms with van der Waals surface area (Å²) in [6, 6.07) is 10.8. The van der Waals surface area contributed by atoms with E-state index in [0.717, 1.165) is 19.5 Å². The topological polar surface area (TPSA) is 41.1 Å². The number of carbonyl (C=O) groups is 1. The number of rotatable bonds is 6. The highest BCUT2D eigenvalue weighted by atomic mass is 35.5. The molecule has 1 fully saturated rings. The summed E-state index contributed by atoms with van der Waals surface area (Å²) in [5, 5.41) is 6.51. The van der Waals surface area contributed by atoms with Crippen LogP contribution in [-0.4, -0.2) is 25.0 Å². The molecule has 1 atom stereocenters. The van der Waals surface area contributed by atoms with Crippen LogP contribution in [0.4, 0.5) is 0 Å². The maximum atomic E-state index is 12.1. The van der Waals surface area contributed by atoms with E-state index in [9.17, 15) is 4.79 Å². The third-order valence-corrected chi connectivity index (χ3v) is 4.14. The first-order valence-corrected chi connectivity index (χ1v) is 7.63. The number of hydrogen-bond acceptors (Lipinski definition) is 2. The monoisotopic (exact) mass is 310 g/mol. The van der Waals surface area contributed by atoms with Gasteiger partial charge in [0.05, 0.1) is 0 Å². The van der Waals surface area contributed by atoms with Gasteiger partial charge in [-0.25, -0.2) is 0 Å². The third kappa shape index (κ3) is 5.68. The Balaban J connectivity index is 0.00000220. The van der Waals surface area contributed by atoms with E-state index in [4.69, 9.17) is 0 Å². The van der Waals surface area contributed by atoms with Crippen molar-refractivity contribution in [1.82, 2.24) is 10.6 Å². The standard InChI is InChI=1S/C17H26N2O.ClH/c1-17(2,14-7-4-3-5-8-14)13-16(20)19-12-10-15-9-6-11-18-15;/h3-5,7-8,15,18H,6,9-13H2,1-2H3,(H,19,20);1H/t15-;/m0./s1. The van der Waals surface area contributed by atoms with E-state index in [0.29, 0.717) is 12.5 Å². The van der Waals surface area contributed by atoms with Gasteiger partial charge in [0, 0.05) is 19.0 Å². The zero-order valence-electron chi connectivity index (χ0n) is 13.0. The quantitative estimate of drug-likeness (QED) is 0.848. The summed E-state index contributed by atoms with van der Waals surface area (Å²) >= 11 is 0. The van der Waals surface area contributed by atoms with Crippen LogP contribution in [0.3, 0.4) is 0 Å². The summed E-state index contributed by atoms with van der Waals surface area (Å²) in [5.74, 6) is 0.150. The van der Waals surface area contributed by atoms with Crippen LogP contribution >= 0.6 is 12.4 Å². The number of carbonyl (C=O) groups excluding carboxylic acids is 1. The van der Waals surface area contributed by atoms with Gasteiger partial charge in [-0.05, 0) is 36.8 Å². The first-order chi connectivity index (χ1) is 9.58. The fourth-order valence-corrected chi connectivity index (χ4v) is 2.84. The highest BCUT2D eigenvalue weighted by molar-refractivity contribution is 5.85. The zero-order chi connectivity index (χ0) is 14.4. The molecule has 1 saturated heterocycles. The minimum absolute atomic E-state index is 0. The Morgan fingerprint density at radius 2 is 2.05 bits per heavy atom. The SMILES string of the molecule is CC(C)(CC(=O)NCC[C@@H]1CCCN1)c1ccccc1.Cl. The molecule has 3 nitrogen and oxygen atoms in total. The molecule has 1 amide bonds. The average Bonchev–Trinajstić information content (AvgIpc) is 2.92. The minimum Gasteiger partial charge on any atom is -0.356 e. The largest absolute Gasteiger partial charge is 0.356 e. The van der Waals surface area contributed by atoms with Crippen molar-refractivity contribution in [3.8, 4) is 0 Å². The number of nitrogens with one attached hydrogen (secondary N) is 2. The number of hydrogen-bond donors (Lipinski definition) is 2. The van der Waals surface area contributed by atoms with E-state index in [1.807, 2.05) is 18.2 Å². The summed E-state index contributed by atoms with van der Waals surface area (Å²) in [5.41, 5.74) is 1.10. The van der Waals surface area contributed by atoms with Gasteiger partial charge in [0.25, 0.3) is 0 Å². The first kappa shape index (κ1) is 18.0. The van der Waals surface area contributed by atoms with Gasteiger partial charge in [-0.15, -0.1) is 12.4 Å². The van der Waals surface area contributed by atoms with E-state index in [2.05, 4.69) is 36.6 Å². The first-order valence-electron chi connectivity index (χ1n) is 7.63. The van der Waals surface area contributed by atoms with Gasteiger partial charge in [0.1, 0.15) is 0 Å². The van der Waals surface area contributed by atoms with Crippen LogP contribution in [-0.2, 0) is 10.2 Å². The molecule has 1 heterocycles. The lowest BCUT2D eigenvalue weighted by Crippen LogP contribution is -2.34. The van der Waals surface area contributed by atoms with Crippen LogP contribution in [0.2, 0.25) is 0 Å². The molecule has 2 N–H and O–H groups in total. The molecular formula is C17H27ClN2O. The second-order valence-corrected chi connectivity index (χ2v) is 6.36. The molecule has 4 heteroatoms. The van der Waals surface area contributed by atoms with Crippen molar-refractivity contribution in [3.05, 3.63) is 35.9 Å². The molecule has 0 saturated carbocycles. The van der Waals surface area contributed by atoms with Crippen LogP contribution in [0, 0.1) is 0 Å². The van der Waals surface area contributed by atoms with Crippen LogP contribution in [0.1, 0.15) is 45.1 Å². The van der Waals surface area contributed by atoms with Crippen molar-refractivity contribution in [2.45, 2.75) is 51.0 Å². The predicted octanol–water partition coefficient (Wildman–Crippen LogP) is 3.03. The van der Waals surface area contributed by atoms with Crippen molar-refractivity contribution >= 4 is 18.3 Å². The van der Waals surface area contributed by atoms with Crippen LogP contribution in [0.5, 0.6) is 0 Å². The predicted molar refractivity (Wildman–Crippen MR) is 90.0 cm³/mol. The highest BCUT2D eigenvalue weighted by Crippen LogP contribution is 2.26. The Labute approximate surface area is 134 Å². The molecule has 21 heavy (non-hydrogen) atoms. The normalized spacial score (nSPS) is 18.1. The molecular weight excluding hydrogens is 284 g/mol. The Hall–Kier alpha value is -1.06. The molecule has 1 aromatic carbocycles. The van der Waals surface area contributed by atoms with E-state index in [1.54, 1.807) is 0 Å². The minimum atomic E-state index is -0.114. The van der Waals surface area contributed by atoms with Gasteiger partial charge in [0.2, 0.25) is 5.91 Å². The van der Waals surface area contributed by atoms with E-state index in [1.165, 1.54) is 18.4 Å². The van der Waals surface area contributed by atoms with Gasteiger partial charge < -0.3 is 10.6 Å². The fourth-order valence-electron chi connectivity index (χ4n) is 2.84. The third-order valence-electron chi connectivity index (χ3n) is 4.14. The van der Waals surface area contributed by atoms with Gasteiger partial charge in [-0.2, -0.15) is 0 Å². The Kier molecular flexibility index (Phi) is 7.20. The summed E-state index contributed by atoms with van der Waals surface area (Å²) in [4.78, 5) is 12.1. The van der Waals surface area contributed by atoms with E-state index < -0.39 is 0 Å². The Bertz CT molecular complexity index is 428. The van der Waals surface area contributed by atoms with Crippen LogP contribution < -0.4 is 10.6 Å². The van der Waals surface area contributed by atoms with Gasteiger partial charge in [-0.3, -0.25) is 4.79 Å². The molecule has 0 radical (unpaired) electrons. The van der Waals surface area contributed by atoms with Gasteiger partial charge in [-0.1, -0.05) is 44.2 Å².